The Morgan fingerprint density at radius 1 is 1.06 bits per heavy atom. The van der Waals surface area contributed by atoms with Crippen molar-refractivity contribution in [3.63, 3.8) is 0 Å². The van der Waals surface area contributed by atoms with E-state index in [9.17, 15) is 9.59 Å². The molecule has 32 heavy (non-hydrogen) atoms. The summed E-state index contributed by atoms with van der Waals surface area (Å²) in [5.74, 6) is 11.6. The summed E-state index contributed by atoms with van der Waals surface area (Å²) < 4.78 is 0. The first-order chi connectivity index (χ1) is 15.5. The third-order valence-corrected chi connectivity index (χ3v) is 4.25. The zero-order valence-corrected chi connectivity index (χ0v) is 17.9. The molecule has 0 bridgehead atoms. The molecule has 1 unspecified atom stereocenters. The van der Waals surface area contributed by atoms with Gasteiger partial charge in [0.1, 0.15) is 6.29 Å². The van der Waals surface area contributed by atoms with Crippen LogP contribution in [0.3, 0.4) is 0 Å². The highest BCUT2D eigenvalue weighted by Crippen LogP contribution is 2.12. The molecule has 0 spiro atoms. The Morgan fingerprint density at radius 3 is 2.12 bits per heavy atom. The van der Waals surface area contributed by atoms with Gasteiger partial charge in [0.15, 0.2) is 0 Å². The summed E-state index contributed by atoms with van der Waals surface area (Å²) in [7, 11) is 0. The van der Waals surface area contributed by atoms with Crippen LogP contribution in [0.5, 0.6) is 0 Å². The lowest BCUT2D eigenvalue weighted by atomic mass is 10.1. The van der Waals surface area contributed by atoms with Crippen molar-refractivity contribution < 1.29 is 9.59 Å². The molecule has 0 aliphatic carbocycles. The van der Waals surface area contributed by atoms with Gasteiger partial charge >= 0.3 is 0 Å². The van der Waals surface area contributed by atoms with Crippen LogP contribution in [0, 0.1) is 24.7 Å². The summed E-state index contributed by atoms with van der Waals surface area (Å²) in [5.41, 5.74) is 12.1. The van der Waals surface area contributed by atoms with Gasteiger partial charge in [-0.05, 0) is 35.4 Å². The van der Waals surface area contributed by atoms with E-state index in [1.165, 1.54) is 0 Å². The van der Waals surface area contributed by atoms with Gasteiger partial charge in [-0.1, -0.05) is 42.7 Å². The largest absolute Gasteiger partial charge is 0.368 e. The number of hydrazine groups is 1. The first kappa shape index (κ1) is 26.2. The number of aldehydes is 1. The number of hydrogen-bond acceptors (Lipinski definition) is 6. The molecule has 0 aliphatic heterocycles. The lowest BCUT2D eigenvalue weighted by Crippen LogP contribution is -2.45. The molecule has 2 rings (SSSR count). The minimum atomic E-state index is -0.371. The van der Waals surface area contributed by atoms with Gasteiger partial charge in [-0.3, -0.25) is 10.6 Å². The molecule has 0 aliphatic rings. The summed E-state index contributed by atoms with van der Waals surface area (Å²) in [6.07, 6.45) is 8.97. The van der Waals surface area contributed by atoms with Crippen LogP contribution in [-0.4, -0.2) is 31.4 Å². The monoisotopic (exact) mass is 431 g/mol. The van der Waals surface area contributed by atoms with E-state index in [1.54, 1.807) is 0 Å². The Morgan fingerprint density at radius 2 is 1.62 bits per heavy atom. The first-order valence-electron chi connectivity index (χ1n) is 9.92. The van der Waals surface area contributed by atoms with Crippen molar-refractivity contribution in [2.75, 3.05) is 13.1 Å². The summed E-state index contributed by atoms with van der Waals surface area (Å²) in [5, 5.41) is 5.81. The van der Waals surface area contributed by atoms with Gasteiger partial charge in [-0.2, -0.15) is 0 Å². The third kappa shape index (κ3) is 9.29. The number of carbonyl (C=O) groups excluding carboxylic acids is 2. The number of nitrogens with two attached hydrogens (primary N) is 2. The molecule has 1 atom stereocenters. The number of benzene rings is 2. The lowest BCUT2D eigenvalue weighted by Gasteiger charge is -2.18. The van der Waals surface area contributed by atoms with Crippen molar-refractivity contribution in [3.05, 3.63) is 77.4 Å². The Kier molecular flexibility index (Phi) is 12.3. The fourth-order valence-corrected chi connectivity index (χ4v) is 2.62. The van der Waals surface area contributed by atoms with E-state index < -0.39 is 0 Å². The van der Waals surface area contributed by atoms with Crippen LogP contribution in [0.15, 0.2) is 55.1 Å². The second-order valence-electron chi connectivity index (χ2n) is 6.58. The topological polar surface area (TPSA) is 122 Å². The Hall–Kier alpha value is -3.88. The van der Waals surface area contributed by atoms with Crippen LogP contribution < -0.4 is 27.6 Å². The molecule has 166 valence electrons. The summed E-state index contributed by atoms with van der Waals surface area (Å²) in [6, 6.07) is 15.2. The molecular formula is C25H29N5O2. The Labute approximate surface area is 189 Å². The van der Waals surface area contributed by atoms with Crippen LogP contribution in [0.25, 0.3) is 5.70 Å². The number of rotatable bonds is 10. The average Bonchev–Trinajstić information content (AvgIpc) is 2.83. The first-order valence-corrected chi connectivity index (χ1v) is 9.92. The van der Waals surface area contributed by atoms with E-state index in [2.05, 4.69) is 47.3 Å². The van der Waals surface area contributed by atoms with Crippen LogP contribution in [0.2, 0.25) is 0 Å². The van der Waals surface area contributed by atoms with Crippen molar-refractivity contribution in [2.24, 2.45) is 11.6 Å². The van der Waals surface area contributed by atoms with E-state index in [1.807, 2.05) is 48.5 Å². The molecule has 7 N–H and O–H groups in total. The molecule has 0 fully saturated rings. The van der Waals surface area contributed by atoms with Gasteiger partial charge < -0.3 is 21.2 Å². The smallest absolute Gasteiger partial charge is 0.224 e. The number of hydrogen-bond donors (Lipinski definition) is 5. The fourth-order valence-electron chi connectivity index (χ4n) is 2.62. The van der Waals surface area contributed by atoms with E-state index in [4.69, 9.17) is 11.6 Å². The molecule has 7 nitrogen and oxygen atoms in total. The summed E-state index contributed by atoms with van der Waals surface area (Å²) >= 11 is 0. The minimum Gasteiger partial charge on any atom is -0.368 e. The molecule has 2 aromatic rings. The molecule has 7 heteroatoms. The zero-order chi connectivity index (χ0) is 23.8. The van der Waals surface area contributed by atoms with Gasteiger partial charge in [0.2, 0.25) is 5.91 Å². The summed E-state index contributed by atoms with van der Waals surface area (Å²) in [4.78, 5) is 22.3. The number of terminal acetylenes is 1. The normalized spacial score (nSPS) is 10.4. The molecule has 0 aromatic heterocycles. The van der Waals surface area contributed by atoms with E-state index in [0.717, 1.165) is 28.5 Å². The molecule has 0 saturated carbocycles. The SMILES string of the molecule is C#C.C=C(NC(CC=O)NN)c1ccc(C#Cc2ccc(CC(=O)NCCN)cc2)cc1. The summed E-state index contributed by atoms with van der Waals surface area (Å²) in [6.45, 7) is 4.88. The highest BCUT2D eigenvalue weighted by atomic mass is 16.1. The molecule has 1 amide bonds. The van der Waals surface area contributed by atoms with Gasteiger partial charge in [0, 0.05) is 36.3 Å². The number of amides is 1. The van der Waals surface area contributed by atoms with Gasteiger partial charge in [-0.15, -0.1) is 12.8 Å². The molecule has 0 saturated heterocycles. The standard InChI is InChI=1S/C23H27N5O2.C2H2/c1-17(27-22(28-25)12-15-29)21-10-8-19(9-11-21)3-2-18-4-6-20(7-5-18)16-23(30)26-14-13-24;1-2/h4-11,15,22,27-28H,1,12-14,16,24-25H2,(H,26,30);1-2H. The molecular weight excluding hydrogens is 402 g/mol. The molecule has 2 aromatic carbocycles. The van der Waals surface area contributed by atoms with E-state index in [-0.39, 0.29) is 18.5 Å². The predicted octanol–water partition coefficient (Wildman–Crippen LogP) is 0.892. The van der Waals surface area contributed by atoms with Crippen molar-refractivity contribution in [1.29, 1.82) is 0 Å². The molecule has 0 radical (unpaired) electrons. The highest BCUT2D eigenvalue weighted by Gasteiger charge is 2.07. The average molecular weight is 432 g/mol. The quantitative estimate of drug-likeness (QED) is 0.125. The molecule has 0 heterocycles. The predicted molar refractivity (Wildman–Crippen MR) is 128 cm³/mol. The second-order valence-corrected chi connectivity index (χ2v) is 6.58. The Bertz CT molecular complexity index is 954. The fraction of sp³-hybridized carbons (Fsp3) is 0.200. The van der Waals surface area contributed by atoms with Crippen LogP contribution in [0.1, 0.15) is 28.7 Å². The lowest BCUT2D eigenvalue weighted by molar-refractivity contribution is -0.120. The van der Waals surface area contributed by atoms with Crippen molar-refractivity contribution in [2.45, 2.75) is 19.0 Å². The van der Waals surface area contributed by atoms with Gasteiger partial charge in [-0.25, -0.2) is 5.43 Å². The number of carbonyl (C=O) groups is 2. The Balaban J connectivity index is 0.00000249. The van der Waals surface area contributed by atoms with Crippen LogP contribution >= 0.6 is 0 Å². The third-order valence-electron chi connectivity index (χ3n) is 4.25. The maximum Gasteiger partial charge on any atom is 0.224 e. The van der Waals surface area contributed by atoms with Gasteiger partial charge in [0.25, 0.3) is 0 Å². The van der Waals surface area contributed by atoms with Crippen molar-refractivity contribution in [1.82, 2.24) is 16.1 Å². The highest BCUT2D eigenvalue weighted by molar-refractivity contribution is 5.78. The number of nitrogens with one attached hydrogen (secondary N) is 3. The maximum atomic E-state index is 11.7. The van der Waals surface area contributed by atoms with E-state index in [0.29, 0.717) is 25.2 Å². The van der Waals surface area contributed by atoms with Crippen LogP contribution in [-0.2, 0) is 16.0 Å². The van der Waals surface area contributed by atoms with Crippen LogP contribution in [0.4, 0.5) is 0 Å². The van der Waals surface area contributed by atoms with Crippen molar-refractivity contribution >= 4 is 17.9 Å². The van der Waals surface area contributed by atoms with E-state index >= 15 is 0 Å². The van der Waals surface area contributed by atoms with Gasteiger partial charge in [0.05, 0.1) is 12.6 Å². The zero-order valence-electron chi connectivity index (χ0n) is 17.9. The maximum absolute atomic E-state index is 11.7. The minimum absolute atomic E-state index is 0.0461. The second kappa shape index (κ2) is 15.0. The van der Waals surface area contributed by atoms with Crippen molar-refractivity contribution in [3.8, 4) is 24.7 Å².